The minimum atomic E-state index is -0.700. The molecule has 5 nitrogen and oxygen atoms in total. The number of alkyl carbamates (subject to hydrolysis) is 1. The highest BCUT2D eigenvalue weighted by Gasteiger charge is 2.26. The van der Waals surface area contributed by atoms with Crippen LogP contribution in [-0.2, 0) is 4.74 Å². The molecule has 1 saturated heterocycles. The van der Waals surface area contributed by atoms with Crippen molar-refractivity contribution in [2.45, 2.75) is 6.04 Å². The summed E-state index contributed by atoms with van der Waals surface area (Å²) < 4.78 is 31.5. The Hall–Kier alpha value is -3.01. The molecule has 0 saturated carbocycles. The van der Waals surface area contributed by atoms with Crippen LogP contribution in [0.3, 0.4) is 0 Å². The highest BCUT2D eigenvalue weighted by Crippen LogP contribution is 2.20. The van der Waals surface area contributed by atoms with E-state index in [0.717, 1.165) is 6.20 Å². The molecule has 2 aromatic heterocycles. The van der Waals surface area contributed by atoms with E-state index in [1.807, 2.05) is 0 Å². The van der Waals surface area contributed by atoms with Crippen LogP contribution in [0.4, 0.5) is 13.6 Å². The van der Waals surface area contributed by atoms with Gasteiger partial charge in [0.15, 0.2) is 0 Å². The van der Waals surface area contributed by atoms with E-state index in [1.165, 1.54) is 24.5 Å². The zero-order valence-electron chi connectivity index (χ0n) is 11.1. The first-order valence-corrected chi connectivity index (χ1v) is 6.33. The highest BCUT2D eigenvalue weighted by atomic mass is 19.1. The average molecular weight is 301 g/mol. The Kier molecular flexibility index (Phi) is 3.66. The first kappa shape index (κ1) is 13.9. The number of ether oxygens (including phenoxy) is 1. The number of pyridine rings is 2. The quantitative estimate of drug-likeness (QED) is 0.646. The number of nitrogens with zero attached hydrogens (tertiary/aromatic N) is 2. The second-order valence-corrected chi connectivity index (χ2v) is 4.54. The van der Waals surface area contributed by atoms with Gasteiger partial charge >= 0.3 is 6.09 Å². The van der Waals surface area contributed by atoms with Crippen molar-refractivity contribution in [1.29, 1.82) is 0 Å². The van der Waals surface area contributed by atoms with Crippen LogP contribution in [0.25, 0.3) is 0 Å². The molecular weight excluding hydrogens is 292 g/mol. The van der Waals surface area contributed by atoms with Gasteiger partial charge in [0.25, 0.3) is 0 Å². The number of aromatic nitrogens is 2. The first-order chi connectivity index (χ1) is 10.6. The van der Waals surface area contributed by atoms with Crippen molar-refractivity contribution in [3.05, 3.63) is 59.2 Å². The van der Waals surface area contributed by atoms with Gasteiger partial charge in [-0.15, -0.1) is 0 Å². The number of halogens is 2. The summed E-state index contributed by atoms with van der Waals surface area (Å²) in [4.78, 5) is 18.3. The van der Waals surface area contributed by atoms with Gasteiger partial charge in [-0.3, -0.25) is 4.98 Å². The molecule has 22 heavy (non-hydrogen) atoms. The van der Waals surface area contributed by atoms with E-state index in [-0.39, 0.29) is 12.2 Å². The van der Waals surface area contributed by atoms with E-state index in [2.05, 4.69) is 27.1 Å². The summed E-state index contributed by atoms with van der Waals surface area (Å²) in [5, 5.41) is 2.47. The van der Waals surface area contributed by atoms with Crippen LogP contribution in [0.15, 0.2) is 30.7 Å². The Bertz CT molecular complexity index is 799. The Balaban J connectivity index is 1.88. The molecule has 0 aromatic carbocycles. The molecule has 1 N–H and O–H groups in total. The van der Waals surface area contributed by atoms with Gasteiger partial charge in [-0.2, -0.15) is 4.39 Å². The second kappa shape index (κ2) is 5.77. The predicted molar refractivity (Wildman–Crippen MR) is 71.6 cm³/mol. The van der Waals surface area contributed by atoms with Gasteiger partial charge in [0.05, 0.1) is 12.2 Å². The number of nitrogens with one attached hydrogen (secondary N) is 1. The fraction of sp³-hybridized carbons (Fsp3) is 0.133. The number of carbonyl (C=O) groups excluding carboxylic acids is 1. The molecule has 0 unspecified atom stereocenters. The number of amides is 1. The van der Waals surface area contributed by atoms with Crippen LogP contribution >= 0.6 is 0 Å². The molecule has 1 aliphatic heterocycles. The molecule has 110 valence electrons. The Morgan fingerprint density at radius 1 is 1.18 bits per heavy atom. The third-order valence-electron chi connectivity index (χ3n) is 2.97. The van der Waals surface area contributed by atoms with Crippen molar-refractivity contribution in [2.75, 3.05) is 6.61 Å². The molecule has 0 bridgehead atoms. The topological polar surface area (TPSA) is 64.1 Å². The molecule has 1 aliphatic rings. The molecule has 1 amide bonds. The lowest BCUT2D eigenvalue weighted by Gasteiger charge is -2.08. The van der Waals surface area contributed by atoms with Crippen molar-refractivity contribution in [2.24, 2.45) is 0 Å². The summed E-state index contributed by atoms with van der Waals surface area (Å²) in [6.07, 6.45) is 3.15. The molecule has 3 rings (SSSR count). The van der Waals surface area contributed by atoms with Gasteiger partial charge in [0.2, 0.25) is 5.95 Å². The highest BCUT2D eigenvalue weighted by molar-refractivity contribution is 5.70. The largest absolute Gasteiger partial charge is 0.447 e. The van der Waals surface area contributed by atoms with E-state index >= 15 is 0 Å². The number of hydrogen-bond acceptors (Lipinski definition) is 4. The second-order valence-electron chi connectivity index (χ2n) is 4.54. The van der Waals surface area contributed by atoms with Gasteiger partial charge < -0.3 is 10.1 Å². The van der Waals surface area contributed by atoms with Crippen LogP contribution in [0.5, 0.6) is 0 Å². The summed E-state index contributed by atoms with van der Waals surface area (Å²) in [6, 6.07) is 2.11. The average Bonchev–Trinajstić information content (AvgIpc) is 2.93. The lowest BCUT2D eigenvalue weighted by Crippen LogP contribution is -2.19. The predicted octanol–water partition coefficient (Wildman–Crippen LogP) is 1.94. The van der Waals surface area contributed by atoms with Crippen LogP contribution in [0, 0.1) is 23.6 Å². The van der Waals surface area contributed by atoms with E-state index in [9.17, 15) is 13.6 Å². The first-order valence-electron chi connectivity index (χ1n) is 6.33. The standard InChI is InChI=1S/C15H9F2N3O2/c16-11-3-9(5-18-7-11)1-2-10-4-12(14(17)19-6-10)13-8-22-15(21)20-13/h3-7,13H,8H2,(H,20,21)/t13-/m0/s1. The number of rotatable bonds is 1. The Morgan fingerprint density at radius 3 is 2.64 bits per heavy atom. The zero-order valence-corrected chi connectivity index (χ0v) is 11.1. The summed E-state index contributed by atoms with van der Waals surface area (Å²) in [7, 11) is 0. The minimum absolute atomic E-state index is 0.0299. The fourth-order valence-corrected chi connectivity index (χ4v) is 1.95. The fourth-order valence-electron chi connectivity index (χ4n) is 1.95. The van der Waals surface area contributed by atoms with Gasteiger partial charge in [-0.1, -0.05) is 11.8 Å². The minimum Gasteiger partial charge on any atom is -0.447 e. The molecular formula is C15H9F2N3O2. The third-order valence-corrected chi connectivity index (χ3v) is 2.97. The summed E-state index contributed by atoms with van der Waals surface area (Å²) in [5.74, 6) is 4.27. The third kappa shape index (κ3) is 3.01. The molecule has 0 spiro atoms. The summed E-state index contributed by atoms with van der Waals surface area (Å²) in [6.45, 7) is 0.0299. The maximum Gasteiger partial charge on any atom is 0.407 e. The van der Waals surface area contributed by atoms with Crippen LogP contribution in [0.1, 0.15) is 22.7 Å². The van der Waals surface area contributed by atoms with Crippen LogP contribution in [0.2, 0.25) is 0 Å². The molecule has 0 aliphatic carbocycles. The zero-order chi connectivity index (χ0) is 15.5. The molecule has 1 atom stereocenters. The summed E-state index contributed by atoms with van der Waals surface area (Å²) in [5.41, 5.74) is 1.01. The van der Waals surface area contributed by atoms with Crippen molar-refractivity contribution < 1.29 is 18.3 Å². The number of cyclic esters (lactones) is 1. The van der Waals surface area contributed by atoms with Gasteiger partial charge in [0, 0.05) is 29.1 Å². The van der Waals surface area contributed by atoms with E-state index in [1.54, 1.807) is 0 Å². The van der Waals surface area contributed by atoms with Crippen molar-refractivity contribution >= 4 is 6.09 Å². The van der Waals surface area contributed by atoms with E-state index in [4.69, 9.17) is 4.74 Å². The van der Waals surface area contributed by atoms with Crippen LogP contribution < -0.4 is 5.32 Å². The lowest BCUT2D eigenvalue weighted by molar-refractivity contribution is 0.176. The van der Waals surface area contributed by atoms with E-state index in [0.29, 0.717) is 11.1 Å². The van der Waals surface area contributed by atoms with Crippen molar-refractivity contribution in [3.8, 4) is 11.8 Å². The maximum absolute atomic E-state index is 13.7. The van der Waals surface area contributed by atoms with Crippen molar-refractivity contribution in [1.82, 2.24) is 15.3 Å². The van der Waals surface area contributed by atoms with Crippen molar-refractivity contribution in [3.63, 3.8) is 0 Å². The van der Waals surface area contributed by atoms with Gasteiger partial charge in [-0.05, 0) is 12.1 Å². The lowest BCUT2D eigenvalue weighted by atomic mass is 10.1. The Labute approximate surface area is 124 Å². The maximum atomic E-state index is 13.7. The van der Waals surface area contributed by atoms with Gasteiger partial charge in [-0.25, -0.2) is 14.2 Å². The molecule has 7 heteroatoms. The number of carbonyl (C=O) groups is 1. The van der Waals surface area contributed by atoms with Gasteiger partial charge in [0.1, 0.15) is 12.4 Å². The smallest absolute Gasteiger partial charge is 0.407 e. The molecule has 2 aromatic rings. The number of hydrogen-bond donors (Lipinski definition) is 1. The summed E-state index contributed by atoms with van der Waals surface area (Å²) >= 11 is 0. The van der Waals surface area contributed by atoms with E-state index < -0.39 is 23.9 Å². The SMILES string of the molecule is O=C1N[C@H](c2cc(C#Cc3cncc(F)c3)cnc2F)CO1. The van der Waals surface area contributed by atoms with Crippen LogP contribution in [-0.4, -0.2) is 22.7 Å². The Morgan fingerprint density at radius 2 is 1.95 bits per heavy atom. The monoisotopic (exact) mass is 301 g/mol. The molecule has 0 radical (unpaired) electrons. The molecule has 3 heterocycles. The normalized spacial score (nSPS) is 16.5. The molecule has 1 fully saturated rings.